The summed E-state index contributed by atoms with van der Waals surface area (Å²) in [6.45, 7) is 2.76. The summed E-state index contributed by atoms with van der Waals surface area (Å²) in [4.78, 5) is 1.39. The molecule has 0 amide bonds. The molecule has 0 saturated carbocycles. The third kappa shape index (κ3) is 4.29. The third-order valence-corrected chi connectivity index (χ3v) is 3.28. The van der Waals surface area contributed by atoms with Crippen LogP contribution in [0.15, 0.2) is 16.8 Å². The van der Waals surface area contributed by atoms with Gasteiger partial charge in [-0.05, 0) is 36.2 Å². The zero-order valence-corrected chi connectivity index (χ0v) is 10.7. The van der Waals surface area contributed by atoms with Gasteiger partial charge in [0, 0.05) is 18.6 Å². The number of hydrogen-bond acceptors (Lipinski definition) is 3. The van der Waals surface area contributed by atoms with Gasteiger partial charge in [-0.2, -0.15) is 24.5 Å². The van der Waals surface area contributed by atoms with E-state index in [0.717, 1.165) is 5.56 Å². The van der Waals surface area contributed by atoms with Gasteiger partial charge in [0.05, 0.1) is 6.54 Å². The van der Waals surface area contributed by atoms with Crippen molar-refractivity contribution in [2.75, 3.05) is 13.1 Å². The lowest BCUT2D eigenvalue weighted by atomic mass is 10.1. The van der Waals surface area contributed by atoms with Crippen molar-refractivity contribution in [3.63, 3.8) is 0 Å². The summed E-state index contributed by atoms with van der Waals surface area (Å²) in [6, 6.07) is 1.25. The van der Waals surface area contributed by atoms with E-state index >= 15 is 0 Å². The molecule has 6 heteroatoms. The van der Waals surface area contributed by atoms with E-state index < -0.39 is 12.7 Å². The largest absolute Gasteiger partial charge is 0.401 e. The molecule has 0 aliphatic rings. The number of nitrogens with two attached hydrogens (primary N) is 1. The predicted octanol–water partition coefficient (Wildman–Crippen LogP) is 3.02. The molecule has 98 valence electrons. The number of nitrogens with zero attached hydrogens (tertiary/aromatic N) is 1. The molecule has 0 aliphatic carbocycles. The number of rotatable bonds is 5. The molecule has 1 atom stereocenters. The highest BCUT2D eigenvalue weighted by Gasteiger charge is 2.35. The zero-order chi connectivity index (χ0) is 13.1. The number of halogens is 3. The van der Waals surface area contributed by atoms with Crippen LogP contribution in [0.25, 0.3) is 0 Å². The zero-order valence-electron chi connectivity index (χ0n) is 9.87. The summed E-state index contributed by atoms with van der Waals surface area (Å²) < 4.78 is 37.6. The molecule has 17 heavy (non-hydrogen) atoms. The minimum atomic E-state index is -4.20. The van der Waals surface area contributed by atoms with Gasteiger partial charge in [-0.3, -0.25) is 4.90 Å². The summed E-state index contributed by atoms with van der Waals surface area (Å²) >= 11 is 1.47. The standard InChI is InChI=1S/C11H17F3N2S/c1-8(2)16(7-11(12,13)14)10(5-15)9-3-4-17-6-9/h3-4,6,8,10H,5,7,15H2,1-2H3. The maximum Gasteiger partial charge on any atom is 0.401 e. The Morgan fingerprint density at radius 3 is 2.41 bits per heavy atom. The molecule has 1 unspecified atom stereocenters. The highest BCUT2D eigenvalue weighted by molar-refractivity contribution is 7.07. The molecule has 0 aliphatic heterocycles. The van der Waals surface area contributed by atoms with Gasteiger partial charge in [-0.15, -0.1) is 0 Å². The van der Waals surface area contributed by atoms with E-state index in [9.17, 15) is 13.2 Å². The Bertz CT molecular complexity index is 322. The van der Waals surface area contributed by atoms with Crippen molar-refractivity contribution in [1.29, 1.82) is 0 Å². The van der Waals surface area contributed by atoms with E-state index in [1.807, 2.05) is 16.8 Å². The molecule has 0 fully saturated rings. The van der Waals surface area contributed by atoms with Gasteiger partial charge in [-0.1, -0.05) is 0 Å². The predicted molar refractivity (Wildman–Crippen MR) is 64.0 cm³/mol. The second-order valence-corrected chi connectivity index (χ2v) is 4.97. The van der Waals surface area contributed by atoms with Crippen LogP contribution in [0, 0.1) is 0 Å². The summed E-state index contributed by atoms with van der Waals surface area (Å²) in [6.07, 6.45) is -4.20. The Labute approximate surface area is 103 Å². The number of thiophene rings is 1. The number of hydrogen-bond donors (Lipinski definition) is 1. The molecule has 1 aromatic heterocycles. The van der Waals surface area contributed by atoms with Crippen molar-refractivity contribution in [2.24, 2.45) is 5.73 Å². The molecule has 0 bridgehead atoms. The van der Waals surface area contributed by atoms with E-state index in [4.69, 9.17) is 5.73 Å². The van der Waals surface area contributed by atoms with Crippen molar-refractivity contribution < 1.29 is 13.2 Å². The monoisotopic (exact) mass is 266 g/mol. The van der Waals surface area contributed by atoms with E-state index in [0.29, 0.717) is 0 Å². The first-order valence-electron chi connectivity index (χ1n) is 5.40. The first-order valence-corrected chi connectivity index (χ1v) is 6.34. The molecule has 0 radical (unpaired) electrons. The van der Waals surface area contributed by atoms with Gasteiger partial charge in [0.25, 0.3) is 0 Å². The number of alkyl halides is 3. The van der Waals surface area contributed by atoms with Gasteiger partial charge < -0.3 is 5.73 Å². The van der Waals surface area contributed by atoms with Crippen molar-refractivity contribution in [3.05, 3.63) is 22.4 Å². The maximum absolute atomic E-state index is 12.5. The normalized spacial score (nSPS) is 14.6. The Morgan fingerprint density at radius 1 is 1.41 bits per heavy atom. The van der Waals surface area contributed by atoms with Crippen molar-refractivity contribution in [3.8, 4) is 0 Å². The lowest BCUT2D eigenvalue weighted by Gasteiger charge is -2.34. The van der Waals surface area contributed by atoms with Crippen LogP contribution >= 0.6 is 11.3 Å². The van der Waals surface area contributed by atoms with Crippen LogP contribution in [-0.4, -0.2) is 30.2 Å². The Balaban J connectivity index is 2.88. The topological polar surface area (TPSA) is 29.3 Å². The summed E-state index contributed by atoms with van der Waals surface area (Å²) in [5, 5.41) is 3.70. The molecular weight excluding hydrogens is 249 g/mol. The minimum absolute atomic E-state index is 0.186. The summed E-state index contributed by atoms with van der Waals surface area (Å²) in [5.41, 5.74) is 6.47. The van der Waals surface area contributed by atoms with Gasteiger partial charge >= 0.3 is 6.18 Å². The van der Waals surface area contributed by atoms with E-state index in [1.165, 1.54) is 16.2 Å². The van der Waals surface area contributed by atoms with Gasteiger partial charge in [0.15, 0.2) is 0 Å². The SMILES string of the molecule is CC(C)N(CC(F)(F)F)C(CN)c1ccsc1. The Morgan fingerprint density at radius 2 is 2.06 bits per heavy atom. The summed E-state index contributed by atoms with van der Waals surface area (Å²) in [5.74, 6) is 0. The second-order valence-electron chi connectivity index (χ2n) is 4.19. The molecule has 2 nitrogen and oxygen atoms in total. The molecule has 1 heterocycles. The van der Waals surface area contributed by atoms with E-state index in [2.05, 4.69) is 0 Å². The van der Waals surface area contributed by atoms with E-state index in [-0.39, 0.29) is 18.6 Å². The fourth-order valence-electron chi connectivity index (χ4n) is 1.79. The smallest absolute Gasteiger partial charge is 0.329 e. The third-order valence-electron chi connectivity index (χ3n) is 2.58. The van der Waals surface area contributed by atoms with Gasteiger partial charge in [0.1, 0.15) is 0 Å². The first-order chi connectivity index (χ1) is 7.85. The van der Waals surface area contributed by atoms with Crippen LogP contribution in [0.1, 0.15) is 25.5 Å². The fraction of sp³-hybridized carbons (Fsp3) is 0.636. The molecule has 0 aromatic carbocycles. The van der Waals surface area contributed by atoms with Crippen molar-refractivity contribution in [1.82, 2.24) is 4.90 Å². The van der Waals surface area contributed by atoms with Crippen LogP contribution in [0.5, 0.6) is 0 Å². The molecule has 2 N–H and O–H groups in total. The molecule has 0 saturated heterocycles. The van der Waals surface area contributed by atoms with Crippen LogP contribution in [0.4, 0.5) is 13.2 Å². The quantitative estimate of drug-likeness (QED) is 0.887. The fourth-order valence-corrected chi connectivity index (χ4v) is 2.49. The molecule has 1 rings (SSSR count). The van der Waals surface area contributed by atoms with Crippen LogP contribution < -0.4 is 5.73 Å². The van der Waals surface area contributed by atoms with E-state index in [1.54, 1.807) is 13.8 Å². The average Bonchev–Trinajstić information content (AvgIpc) is 2.68. The molecular formula is C11H17F3N2S. The van der Waals surface area contributed by atoms with Crippen LogP contribution in [-0.2, 0) is 0 Å². The molecule has 0 spiro atoms. The second kappa shape index (κ2) is 5.84. The lowest BCUT2D eigenvalue weighted by molar-refractivity contribution is -0.155. The van der Waals surface area contributed by atoms with Gasteiger partial charge in [-0.25, -0.2) is 0 Å². The minimum Gasteiger partial charge on any atom is -0.329 e. The van der Waals surface area contributed by atoms with Crippen LogP contribution in [0.3, 0.4) is 0 Å². The highest BCUT2D eigenvalue weighted by atomic mass is 32.1. The van der Waals surface area contributed by atoms with Crippen LogP contribution in [0.2, 0.25) is 0 Å². The summed E-state index contributed by atoms with van der Waals surface area (Å²) in [7, 11) is 0. The Kier molecular flexibility index (Phi) is 4.97. The molecule has 1 aromatic rings. The highest BCUT2D eigenvalue weighted by Crippen LogP contribution is 2.28. The Hall–Kier alpha value is -0.590. The maximum atomic E-state index is 12.5. The van der Waals surface area contributed by atoms with Crippen molar-refractivity contribution in [2.45, 2.75) is 32.1 Å². The first kappa shape index (κ1) is 14.5. The van der Waals surface area contributed by atoms with Crippen molar-refractivity contribution >= 4 is 11.3 Å². The lowest BCUT2D eigenvalue weighted by Crippen LogP contribution is -2.44. The average molecular weight is 266 g/mol. The van der Waals surface area contributed by atoms with Gasteiger partial charge in [0.2, 0.25) is 0 Å².